The number of fused-ring (bicyclic) bond motifs is 7. The molecule has 27 heteroatoms. The van der Waals surface area contributed by atoms with E-state index in [1.165, 1.54) is 19.9 Å². The van der Waals surface area contributed by atoms with Crippen LogP contribution in [-0.4, -0.2) is 246 Å². The summed E-state index contributed by atoms with van der Waals surface area (Å²) in [5.41, 5.74) is -3.55. The predicted octanol–water partition coefficient (Wildman–Crippen LogP) is 0.715. The van der Waals surface area contributed by atoms with E-state index in [1.807, 2.05) is 27.7 Å². The zero-order valence-electron chi connectivity index (χ0n) is 54.8. The monoisotopic (exact) mass is 1310 g/mol. The van der Waals surface area contributed by atoms with Crippen LogP contribution in [-0.2, 0) is 71.3 Å². The van der Waals surface area contributed by atoms with Crippen molar-refractivity contribution in [1.29, 1.82) is 0 Å². The Morgan fingerprint density at radius 3 is 1.70 bits per heavy atom. The van der Waals surface area contributed by atoms with Crippen LogP contribution in [0.25, 0.3) is 0 Å². The average molecular weight is 1310 g/mol. The van der Waals surface area contributed by atoms with Crippen molar-refractivity contribution in [2.45, 2.75) is 276 Å². The molecule has 0 aromatic heterocycles. The molecule has 522 valence electrons. The Labute approximate surface area is 535 Å². The summed E-state index contributed by atoms with van der Waals surface area (Å²) in [6, 6.07) is 0. The number of aliphatic hydroxyl groups excluding tert-OH is 11. The highest BCUT2D eigenvalue weighted by molar-refractivity contribution is 5.88. The minimum atomic E-state index is -2.13. The molecule has 3 unspecified atom stereocenters. The van der Waals surface area contributed by atoms with Gasteiger partial charge in [-0.05, 0) is 124 Å². The largest absolute Gasteiger partial charge is 0.479 e. The summed E-state index contributed by atoms with van der Waals surface area (Å²) in [5.74, 6) is -4.65. The van der Waals surface area contributed by atoms with Gasteiger partial charge in [-0.25, -0.2) is 14.4 Å². The maximum Gasteiger partial charge on any atom is 0.335 e. The fourth-order valence-corrected chi connectivity index (χ4v) is 17.9. The summed E-state index contributed by atoms with van der Waals surface area (Å²) in [7, 11) is 0. The first kappa shape index (κ1) is 72.6. The van der Waals surface area contributed by atoms with E-state index in [9.17, 15) is 80.5 Å². The van der Waals surface area contributed by atoms with Crippen LogP contribution in [0, 0.1) is 50.2 Å². The molecule has 0 aromatic rings. The van der Waals surface area contributed by atoms with Crippen LogP contribution < -0.4 is 0 Å². The van der Waals surface area contributed by atoms with E-state index in [1.54, 1.807) is 33.8 Å². The van der Waals surface area contributed by atoms with Crippen LogP contribution in [0.15, 0.2) is 34.9 Å². The molecule has 30 atom stereocenters. The van der Waals surface area contributed by atoms with Crippen molar-refractivity contribution in [2.24, 2.45) is 50.2 Å². The van der Waals surface area contributed by atoms with Crippen LogP contribution in [0.2, 0.25) is 0 Å². The molecule has 5 aliphatic carbocycles. The zero-order valence-corrected chi connectivity index (χ0v) is 54.8. The molecule has 27 nitrogen and oxygen atoms in total. The van der Waals surface area contributed by atoms with E-state index >= 15 is 0 Å². The summed E-state index contributed by atoms with van der Waals surface area (Å²) in [5, 5.41) is 134. The quantitative estimate of drug-likeness (QED) is 0.0314. The first-order valence-corrected chi connectivity index (χ1v) is 32.3. The van der Waals surface area contributed by atoms with Gasteiger partial charge in [-0.3, -0.25) is 4.79 Å². The van der Waals surface area contributed by atoms with Crippen molar-refractivity contribution in [3.8, 4) is 0 Å². The van der Waals surface area contributed by atoms with E-state index in [-0.39, 0.29) is 35.8 Å². The smallest absolute Gasteiger partial charge is 0.335 e. The lowest BCUT2D eigenvalue weighted by Gasteiger charge is -2.72. The highest BCUT2D eigenvalue weighted by Crippen LogP contribution is 2.76. The minimum absolute atomic E-state index is 0.0439. The molecule has 4 aliphatic heterocycles. The van der Waals surface area contributed by atoms with E-state index in [4.69, 9.17) is 52.1 Å². The standard InChI is InChI=1S/C65H100O27/c1-14-27(3)54(80)87-46-29(5)82-58(45(77)48(46)88-55(81)28(4)15-2)92-51-52(83-30(6)69)65(26-68)32(22-60(51,7)8)31-16-17-36-62(11)20-19-38(61(9,10)35(62)18-21-63(36,12)64(31,13)23-37(65)70)86-59-50(91-57-43(75)41(73)39(71)33(24-66)84-57)47(44(76)49(90-59)53(78)79)89-56-42(74)40(72)34(25-67)85-56/h14-16,29,32-52,56-59,66-68,70-77H,17-26H2,1-13H3,(H,78,79)/b27-14-,28-15-/t29-,32?,33+,34-,35?,36?,37+,38-,39-,40-,41-,42+,43+,44-,45+,46-,47-,48-,49-,50+,51-,52-,56-,57-,58-,59+,62-,63+,64+,65-/m0/s1. The fraction of sp³-hybridized carbons (Fsp3) is 0.846. The Balaban J connectivity index is 1.01. The van der Waals surface area contributed by atoms with Crippen molar-refractivity contribution in [1.82, 2.24) is 0 Å². The van der Waals surface area contributed by atoms with Gasteiger partial charge < -0.3 is 113 Å². The fourth-order valence-electron chi connectivity index (χ4n) is 17.9. The van der Waals surface area contributed by atoms with Crippen LogP contribution in [0.3, 0.4) is 0 Å². The van der Waals surface area contributed by atoms with Crippen LogP contribution in [0.4, 0.5) is 0 Å². The number of carboxylic acid groups (broad SMARTS) is 1. The third-order valence-electron chi connectivity index (χ3n) is 23.6. The summed E-state index contributed by atoms with van der Waals surface area (Å²) in [6.45, 7) is 21.5. The molecule has 4 saturated heterocycles. The number of hydrogen-bond donors (Lipinski definition) is 12. The van der Waals surface area contributed by atoms with Crippen LogP contribution >= 0.6 is 0 Å². The van der Waals surface area contributed by atoms with Crippen molar-refractivity contribution in [3.05, 3.63) is 34.9 Å². The first-order chi connectivity index (χ1) is 43.0. The van der Waals surface area contributed by atoms with Gasteiger partial charge in [0, 0.05) is 18.1 Å². The summed E-state index contributed by atoms with van der Waals surface area (Å²) >= 11 is 0. The number of carbonyl (C=O) groups is 4. The number of aliphatic carboxylic acids is 1. The van der Waals surface area contributed by atoms with E-state index < -0.39 is 223 Å². The summed E-state index contributed by atoms with van der Waals surface area (Å²) in [4.78, 5) is 53.0. The lowest BCUT2D eigenvalue weighted by Crippen LogP contribution is -2.73. The molecule has 0 spiro atoms. The predicted molar refractivity (Wildman–Crippen MR) is 316 cm³/mol. The third kappa shape index (κ3) is 12.2. The molecule has 4 heterocycles. The van der Waals surface area contributed by atoms with Gasteiger partial charge in [0.25, 0.3) is 0 Å². The summed E-state index contributed by atoms with van der Waals surface area (Å²) in [6.07, 6.45) is -28.8. The highest BCUT2D eigenvalue weighted by Gasteiger charge is 2.74. The van der Waals surface area contributed by atoms with Crippen molar-refractivity contribution < 1.29 is 133 Å². The molecule has 0 aromatic carbocycles. The van der Waals surface area contributed by atoms with E-state index in [0.717, 1.165) is 5.57 Å². The van der Waals surface area contributed by atoms with Gasteiger partial charge in [0.1, 0.15) is 79.4 Å². The topological polar surface area (TPSA) is 413 Å². The van der Waals surface area contributed by atoms with Crippen LogP contribution in [0.1, 0.15) is 135 Å². The van der Waals surface area contributed by atoms with Gasteiger partial charge in [-0.2, -0.15) is 0 Å². The Morgan fingerprint density at radius 2 is 1.14 bits per heavy atom. The Morgan fingerprint density at radius 1 is 0.587 bits per heavy atom. The second-order valence-corrected chi connectivity index (χ2v) is 29.3. The van der Waals surface area contributed by atoms with Gasteiger partial charge in [0.2, 0.25) is 0 Å². The molecule has 9 rings (SSSR count). The van der Waals surface area contributed by atoms with Gasteiger partial charge in [0.05, 0.1) is 43.5 Å². The maximum atomic E-state index is 13.5. The molecular weight excluding hydrogens is 1210 g/mol. The minimum Gasteiger partial charge on any atom is -0.479 e. The molecule has 4 saturated carbocycles. The van der Waals surface area contributed by atoms with E-state index in [2.05, 4.69) is 26.8 Å². The third-order valence-corrected chi connectivity index (χ3v) is 23.6. The number of ether oxygens (including phenoxy) is 11. The molecule has 0 bridgehead atoms. The Hall–Kier alpha value is -3.66. The number of aliphatic hydroxyl groups is 11. The molecular formula is C65H100O27. The Bertz CT molecular complexity index is 2790. The second-order valence-electron chi connectivity index (χ2n) is 29.3. The van der Waals surface area contributed by atoms with Gasteiger partial charge in [0.15, 0.2) is 43.5 Å². The molecule has 0 radical (unpaired) electrons. The first-order valence-electron chi connectivity index (χ1n) is 32.3. The number of hydrogen-bond acceptors (Lipinski definition) is 26. The van der Waals surface area contributed by atoms with E-state index in [0.29, 0.717) is 32.1 Å². The van der Waals surface area contributed by atoms with Crippen LogP contribution in [0.5, 0.6) is 0 Å². The number of carbonyl (C=O) groups excluding carboxylic acids is 3. The summed E-state index contributed by atoms with van der Waals surface area (Å²) < 4.78 is 67.8. The normalized spacial score (nSPS) is 48.4. The molecule has 12 N–H and O–H groups in total. The number of carboxylic acids is 1. The highest BCUT2D eigenvalue weighted by atomic mass is 16.8. The maximum absolute atomic E-state index is 13.5. The van der Waals surface area contributed by atoms with Crippen molar-refractivity contribution in [3.63, 3.8) is 0 Å². The van der Waals surface area contributed by atoms with Gasteiger partial charge in [-0.1, -0.05) is 72.3 Å². The molecule has 8 fully saturated rings. The lowest BCUT2D eigenvalue weighted by atomic mass is 9.33. The average Bonchev–Trinajstić information content (AvgIpc) is 0.723. The van der Waals surface area contributed by atoms with Gasteiger partial charge >= 0.3 is 23.9 Å². The molecule has 0 amide bonds. The number of allylic oxidation sites excluding steroid dienone is 4. The van der Waals surface area contributed by atoms with Gasteiger partial charge in [-0.15, -0.1) is 0 Å². The zero-order chi connectivity index (χ0) is 68.0. The van der Waals surface area contributed by atoms with Crippen molar-refractivity contribution >= 4 is 23.9 Å². The number of rotatable bonds is 17. The SMILES string of the molecule is C/C=C(/C)C(=O)O[C@@H]1[C@@H](OC(=O)/C(C)=C\C)[C@@H](O)[C@H](O[C@H]2[C@H](OC(C)=O)[C@@]3(CO)C(CC2(C)C)C2=CCC4[C@@]5(C)CC[C@H](O[C@@H]6O[C@H](C(=O)O)[C@@H](O)[C@H](O[C@@H]7O[C@@H](CO)[C@H](O)[C@H]7O)[C@H]6O[C@@H]6O[C@H](CO)[C@H](O)[C@H](O)[C@H]6O)C(C)(C)C5CC[C@@]4(C)[C@]2(C)C[C@H]3O)O[C@H]1C. The van der Waals surface area contributed by atoms with Crippen molar-refractivity contribution in [2.75, 3.05) is 19.8 Å². The Kier molecular flexibility index (Phi) is 21.3. The number of esters is 3. The molecule has 92 heavy (non-hydrogen) atoms. The molecule has 9 aliphatic rings. The lowest BCUT2D eigenvalue weighted by molar-refractivity contribution is -0.386. The second kappa shape index (κ2) is 27.0.